The highest BCUT2D eigenvalue weighted by Gasteiger charge is 2.37. The van der Waals surface area contributed by atoms with Crippen molar-refractivity contribution >= 4 is 40.7 Å². The maximum Gasteiger partial charge on any atom is 0.256 e. The van der Waals surface area contributed by atoms with Crippen LogP contribution in [0.1, 0.15) is 43.0 Å². The minimum Gasteiger partial charge on any atom is -0.380 e. The van der Waals surface area contributed by atoms with Crippen molar-refractivity contribution in [3.05, 3.63) is 27.7 Å². The topological polar surface area (TPSA) is 55.9 Å². The fraction of sp³-hybridized carbons (Fsp3) is 0.636. The lowest BCUT2D eigenvalue weighted by Gasteiger charge is -2.47. The second kappa shape index (κ2) is 9.31. The summed E-state index contributed by atoms with van der Waals surface area (Å²) in [6, 6.07) is 4.09. The molecule has 0 saturated carbocycles. The molecule has 2 amide bonds. The normalized spacial score (nSPS) is 22.5. The van der Waals surface area contributed by atoms with E-state index >= 15 is 0 Å². The third-order valence-electron chi connectivity index (χ3n) is 6.74. The zero-order valence-electron chi connectivity index (χ0n) is 18.1. The molecular formula is C22H28Cl2F2N4O2. The van der Waals surface area contributed by atoms with Crippen LogP contribution < -0.4 is 5.32 Å². The number of anilines is 1. The van der Waals surface area contributed by atoms with Gasteiger partial charge in [0.25, 0.3) is 11.8 Å². The predicted octanol–water partition coefficient (Wildman–Crippen LogP) is 3.97. The van der Waals surface area contributed by atoms with E-state index in [9.17, 15) is 18.4 Å². The third-order valence-corrected chi connectivity index (χ3v) is 7.34. The number of amides is 2. The minimum atomic E-state index is -2.72. The molecule has 0 radical (unpaired) electrons. The van der Waals surface area contributed by atoms with Gasteiger partial charge in [0.2, 0.25) is 5.91 Å². The Labute approximate surface area is 196 Å². The molecule has 4 rings (SSSR count). The van der Waals surface area contributed by atoms with Gasteiger partial charge in [0.1, 0.15) is 0 Å². The van der Waals surface area contributed by atoms with E-state index < -0.39 is 11.8 Å². The largest absolute Gasteiger partial charge is 0.380 e. The average molecular weight is 489 g/mol. The fourth-order valence-electron chi connectivity index (χ4n) is 4.74. The van der Waals surface area contributed by atoms with Gasteiger partial charge < -0.3 is 15.1 Å². The summed E-state index contributed by atoms with van der Waals surface area (Å²) in [7, 11) is 0. The Morgan fingerprint density at radius 1 is 1.00 bits per heavy atom. The fourth-order valence-corrected chi connectivity index (χ4v) is 5.39. The van der Waals surface area contributed by atoms with Crippen LogP contribution in [0.4, 0.5) is 14.5 Å². The van der Waals surface area contributed by atoms with E-state index in [1.165, 1.54) is 4.90 Å². The van der Waals surface area contributed by atoms with Crippen LogP contribution in [0.15, 0.2) is 12.1 Å². The summed E-state index contributed by atoms with van der Waals surface area (Å²) in [6.07, 6.45) is 1.28. The molecule has 0 aromatic heterocycles. The Hall–Kier alpha value is -1.64. The Morgan fingerprint density at radius 2 is 1.56 bits per heavy atom. The van der Waals surface area contributed by atoms with Crippen molar-refractivity contribution in [3.8, 4) is 0 Å². The predicted molar refractivity (Wildman–Crippen MR) is 121 cm³/mol. The molecule has 1 aromatic carbocycles. The number of likely N-dealkylation sites (tertiary alicyclic amines) is 3. The SMILES string of the molecule is CC(=O)N1CCC(N2CC(Nc3cc(Cl)c(C(=O)N4CCC(F)(F)CC4)c(Cl)c3)C2)CC1. The number of hydrogen-bond acceptors (Lipinski definition) is 4. The standard InChI is InChI=1S/C22H28Cl2F2N4O2/c1-14(31)28-6-2-17(3-7-28)30-12-16(13-30)27-15-10-18(23)20(19(24)11-15)21(32)29-8-4-22(25,26)5-9-29/h10-11,16-17,27H,2-9,12-13H2,1H3. The summed E-state index contributed by atoms with van der Waals surface area (Å²) in [5.74, 6) is -2.99. The highest BCUT2D eigenvalue weighted by Crippen LogP contribution is 2.34. The molecule has 3 heterocycles. The third kappa shape index (κ3) is 5.13. The number of nitrogens with one attached hydrogen (secondary N) is 1. The van der Waals surface area contributed by atoms with Gasteiger partial charge in [0.05, 0.1) is 21.7 Å². The number of piperidine rings is 2. The van der Waals surface area contributed by atoms with Crippen LogP contribution in [0.25, 0.3) is 0 Å². The first-order valence-electron chi connectivity index (χ1n) is 11.1. The number of carbonyl (C=O) groups excluding carboxylic acids is 2. The quantitative estimate of drug-likeness (QED) is 0.696. The maximum atomic E-state index is 13.4. The van der Waals surface area contributed by atoms with E-state index in [2.05, 4.69) is 10.2 Å². The highest BCUT2D eigenvalue weighted by atomic mass is 35.5. The van der Waals surface area contributed by atoms with Crippen LogP contribution in [0, 0.1) is 0 Å². The molecule has 3 saturated heterocycles. The molecule has 1 aromatic rings. The molecule has 3 fully saturated rings. The summed E-state index contributed by atoms with van der Waals surface area (Å²) < 4.78 is 26.8. The van der Waals surface area contributed by atoms with Crippen molar-refractivity contribution in [2.24, 2.45) is 0 Å². The van der Waals surface area contributed by atoms with Gasteiger partial charge in [-0.15, -0.1) is 0 Å². The van der Waals surface area contributed by atoms with E-state index in [-0.39, 0.29) is 53.5 Å². The van der Waals surface area contributed by atoms with Gasteiger partial charge in [-0.05, 0) is 25.0 Å². The van der Waals surface area contributed by atoms with Gasteiger partial charge in [-0.25, -0.2) is 8.78 Å². The van der Waals surface area contributed by atoms with Crippen LogP contribution in [0.5, 0.6) is 0 Å². The van der Waals surface area contributed by atoms with E-state index in [1.807, 2.05) is 4.90 Å². The maximum absolute atomic E-state index is 13.4. The molecule has 0 spiro atoms. The van der Waals surface area contributed by atoms with Crippen molar-refractivity contribution < 1.29 is 18.4 Å². The first kappa shape index (κ1) is 23.5. The van der Waals surface area contributed by atoms with Crippen LogP contribution in [-0.4, -0.2) is 83.8 Å². The van der Waals surface area contributed by atoms with Crippen LogP contribution in [0.3, 0.4) is 0 Å². The smallest absolute Gasteiger partial charge is 0.256 e. The second-order valence-corrected chi connectivity index (χ2v) is 9.81. The van der Waals surface area contributed by atoms with Gasteiger partial charge in [-0.1, -0.05) is 23.2 Å². The molecule has 176 valence electrons. The molecule has 6 nitrogen and oxygen atoms in total. The Kier molecular flexibility index (Phi) is 6.84. The first-order chi connectivity index (χ1) is 15.1. The zero-order valence-corrected chi connectivity index (χ0v) is 19.6. The minimum absolute atomic E-state index is 0.0122. The van der Waals surface area contributed by atoms with Crippen molar-refractivity contribution in [1.82, 2.24) is 14.7 Å². The van der Waals surface area contributed by atoms with Crippen molar-refractivity contribution in [3.63, 3.8) is 0 Å². The van der Waals surface area contributed by atoms with Crippen molar-refractivity contribution in [2.75, 3.05) is 44.6 Å². The molecule has 0 aliphatic carbocycles. The summed E-state index contributed by atoms with van der Waals surface area (Å²) >= 11 is 12.8. The Bertz CT molecular complexity index is 854. The van der Waals surface area contributed by atoms with Crippen LogP contribution in [-0.2, 0) is 4.79 Å². The van der Waals surface area contributed by atoms with E-state index in [0.717, 1.165) is 44.7 Å². The average Bonchev–Trinajstić information content (AvgIpc) is 2.70. The number of carbonyl (C=O) groups is 2. The summed E-state index contributed by atoms with van der Waals surface area (Å²) in [6.45, 7) is 4.99. The Morgan fingerprint density at radius 3 is 2.09 bits per heavy atom. The highest BCUT2D eigenvalue weighted by molar-refractivity contribution is 6.40. The Balaban J connectivity index is 1.31. The molecule has 1 N–H and O–H groups in total. The number of hydrogen-bond donors (Lipinski definition) is 1. The van der Waals surface area contributed by atoms with Gasteiger partial charge in [-0.3, -0.25) is 14.5 Å². The number of alkyl halides is 2. The van der Waals surface area contributed by atoms with E-state index in [1.54, 1.807) is 19.1 Å². The van der Waals surface area contributed by atoms with Crippen molar-refractivity contribution in [2.45, 2.75) is 50.6 Å². The molecule has 0 atom stereocenters. The number of benzene rings is 1. The van der Waals surface area contributed by atoms with Crippen LogP contribution >= 0.6 is 23.2 Å². The molecule has 10 heteroatoms. The van der Waals surface area contributed by atoms with Gasteiger partial charge >= 0.3 is 0 Å². The van der Waals surface area contributed by atoms with Crippen molar-refractivity contribution in [1.29, 1.82) is 0 Å². The van der Waals surface area contributed by atoms with Crippen LogP contribution in [0.2, 0.25) is 10.0 Å². The lowest BCUT2D eigenvalue weighted by atomic mass is 9.97. The monoisotopic (exact) mass is 488 g/mol. The van der Waals surface area contributed by atoms with Gasteiger partial charge in [-0.2, -0.15) is 0 Å². The molecule has 0 bridgehead atoms. The number of nitrogens with zero attached hydrogens (tertiary/aromatic N) is 3. The summed E-state index contributed by atoms with van der Waals surface area (Å²) in [5, 5.41) is 3.85. The van der Waals surface area contributed by atoms with E-state index in [4.69, 9.17) is 23.2 Å². The number of rotatable bonds is 4. The first-order valence-corrected chi connectivity index (χ1v) is 11.8. The van der Waals surface area contributed by atoms with Gasteiger partial charge in [0, 0.05) is 70.8 Å². The lowest BCUT2D eigenvalue weighted by molar-refractivity contribution is -0.130. The summed E-state index contributed by atoms with van der Waals surface area (Å²) in [4.78, 5) is 30.0. The molecular weight excluding hydrogens is 461 g/mol. The molecule has 0 unspecified atom stereocenters. The molecule has 3 aliphatic rings. The number of halogens is 4. The summed E-state index contributed by atoms with van der Waals surface area (Å²) in [5.41, 5.74) is 0.898. The van der Waals surface area contributed by atoms with E-state index in [0.29, 0.717) is 6.04 Å². The van der Waals surface area contributed by atoms with Gasteiger partial charge in [0.15, 0.2) is 0 Å². The molecule has 3 aliphatic heterocycles. The second-order valence-electron chi connectivity index (χ2n) is 9.00. The zero-order chi connectivity index (χ0) is 23.0. The lowest BCUT2D eigenvalue weighted by Crippen LogP contribution is -2.60. The molecule has 32 heavy (non-hydrogen) atoms.